The van der Waals surface area contributed by atoms with Crippen LogP contribution in [-0.4, -0.2) is 23.0 Å². The summed E-state index contributed by atoms with van der Waals surface area (Å²) in [7, 11) is 0. The van der Waals surface area contributed by atoms with Crippen molar-refractivity contribution < 1.29 is 14.3 Å². The number of β-amino-alcohol motifs (C(OH)–C–C–N with tert-alkyl or cyclic N) is 1. The molecule has 0 unspecified atom stereocenters. The van der Waals surface area contributed by atoms with Crippen molar-refractivity contribution in [3.8, 4) is 0 Å². The van der Waals surface area contributed by atoms with Gasteiger partial charge in [-0.3, -0.25) is 4.79 Å². The van der Waals surface area contributed by atoms with E-state index in [1.807, 2.05) is 32.9 Å². The molecule has 4 heteroatoms. The van der Waals surface area contributed by atoms with Gasteiger partial charge in [0.25, 0.3) is 0 Å². The first-order chi connectivity index (χ1) is 9.28. The lowest BCUT2D eigenvalue weighted by atomic mass is 10.1. The summed E-state index contributed by atoms with van der Waals surface area (Å²) in [5, 5.41) is 14.2. The zero-order chi connectivity index (χ0) is 14.9. The Bertz CT molecular complexity index is 622. The third-order valence-corrected chi connectivity index (χ3v) is 3.10. The van der Waals surface area contributed by atoms with E-state index < -0.39 is 6.10 Å². The van der Waals surface area contributed by atoms with Crippen LogP contribution in [0.1, 0.15) is 49.9 Å². The number of Topliss-reactive ketones (excluding diaryl/α,β-unsaturated/α-hetero) is 1. The second kappa shape index (κ2) is 5.38. The first-order valence-electron chi connectivity index (χ1n) is 6.74. The summed E-state index contributed by atoms with van der Waals surface area (Å²) in [6.45, 7) is 8.01. The molecule has 0 saturated carbocycles. The normalized spacial score (nSPS) is 13.7. The van der Waals surface area contributed by atoms with E-state index in [1.54, 1.807) is 12.1 Å². The smallest absolute Gasteiger partial charge is 0.163 e. The fourth-order valence-electron chi connectivity index (χ4n) is 2.03. The number of benzene rings is 1. The van der Waals surface area contributed by atoms with E-state index in [4.69, 9.17) is 4.42 Å². The molecule has 0 bridgehead atoms. The molecule has 0 saturated heterocycles. The Morgan fingerprint density at radius 2 is 2.10 bits per heavy atom. The lowest BCUT2D eigenvalue weighted by Crippen LogP contribution is -2.38. The molecule has 20 heavy (non-hydrogen) atoms. The highest BCUT2D eigenvalue weighted by atomic mass is 16.4. The Labute approximate surface area is 118 Å². The average molecular weight is 275 g/mol. The van der Waals surface area contributed by atoms with Crippen LogP contribution in [-0.2, 0) is 0 Å². The lowest BCUT2D eigenvalue weighted by molar-refractivity contribution is 0.101. The lowest BCUT2D eigenvalue weighted by Gasteiger charge is -2.22. The highest BCUT2D eigenvalue weighted by Gasteiger charge is 2.18. The van der Waals surface area contributed by atoms with Crippen LogP contribution in [0, 0.1) is 0 Å². The van der Waals surface area contributed by atoms with Crippen LogP contribution in [0.3, 0.4) is 0 Å². The van der Waals surface area contributed by atoms with Crippen molar-refractivity contribution >= 4 is 16.8 Å². The van der Waals surface area contributed by atoms with Crippen molar-refractivity contribution in [1.82, 2.24) is 5.32 Å². The van der Waals surface area contributed by atoms with E-state index in [-0.39, 0.29) is 11.3 Å². The molecule has 1 aromatic carbocycles. The minimum Gasteiger partial charge on any atom is -0.457 e. The largest absolute Gasteiger partial charge is 0.457 e. The quantitative estimate of drug-likeness (QED) is 0.842. The number of furan rings is 1. The average Bonchev–Trinajstić information content (AvgIpc) is 2.78. The molecular weight excluding hydrogens is 254 g/mol. The summed E-state index contributed by atoms with van der Waals surface area (Å²) in [6, 6.07) is 7.21. The van der Waals surface area contributed by atoms with Crippen molar-refractivity contribution in [2.75, 3.05) is 6.54 Å². The van der Waals surface area contributed by atoms with Crippen LogP contribution in [0.25, 0.3) is 11.0 Å². The van der Waals surface area contributed by atoms with E-state index in [9.17, 15) is 9.90 Å². The molecule has 4 nitrogen and oxygen atoms in total. The number of hydrogen-bond acceptors (Lipinski definition) is 4. The number of aliphatic hydroxyl groups excluding tert-OH is 1. The van der Waals surface area contributed by atoms with Gasteiger partial charge in [0.05, 0.1) is 5.56 Å². The maximum atomic E-state index is 11.6. The second-order valence-electron chi connectivity index (χ2n) is 6.08. The molecule has 1 atom stereocenters. The standard InChI is InChI=1S/C16H21NO3/c1-10(18)12-7-5-6-11-8-14(20-15(11)12)13(19)9-17-16(2,3)4/h5-8,13,17,19H,9H2,1-4H3/t13-/m0/s1. The van der Waals surface area contributed by atoms with Gasteiger partial charge >= 0.3 is 0 Å². The molecule has 1 aromatic heterocycles. The van der Waals surface area contributed by atoms with Crippen LogP contribution >= 0.6 is 0 Å². The SMILES string of the molecule is CC(=O)c1cccc2cc([C@@H](O)CNC(C)(C)C)oc12. The molecule has 1 heterocycles. The van der Waals surface area contributed by atoms with E-state index in [0.29, 0.717) is 23.5 Å². The number of hydrogen-bond donors (Lipinski definition) is 2. The number of nitrogens with one attached hydrogen (secondary N) is 1. The van der Waals surface area contributed by atoms with E-state index >= 15 is 0 Å². The van der Waals surface area contributed by atoms with Crippen molar-refractivity contribution in [2.45, 2.75) is 39.3 Å². The summed E-state index contributed by atoms with van der Waals surface area (Å²) in [4.78, 5) is 11.6. The fourth-order valence-corrected chi connectivity index (χ4v) is 2.03. The predicted molar refractivity (Wildman–Crippen MR) is 78.9 cm³/mol. The highest BCUT2D eigenvalue weighted by molar-refractivity contribution is 6.04. The molecule has 0 radical (unpaired) electrons. The number of para-hydroxylation sites is 1. The number of rotatable bonds is 4. The van der Waals surface area contributed by atoms with Gasteiger partial charge in [0.2, 0.25) is 0 Å². The van der Waals surface area contributed by atoms with Crippen LogP contribution in [0.2, 0.25) is 0 Å². The van der Waals surface area contributed by atoms with Crippen LogP contribution in [0.5, 0.6) is 0 Å². The Kier molecular flexibility index (Phi) is 3.97. The van der Waals surface area contributed by atoms with Crippen molar-refractivity contribution in [1.29, 1.82) is 0 Å². The summed E-state index contributed by atoms with van der Waals surface area (Å²) >= 11 is 0. The maximum Gasteiger partial charge on any atom is 0.163 e. The molecule has 0 aliphatic carbocycles. The molecule has 0 spiro atoms. The molecule has 0 amide bonds. The zero-order valence-electron chi connectivity index (χ0n) is 12.4. The number of carbonyl (C=O) groups is 1. The van der Waals surface area contributed by atoms with Crippen LogP contribution < -0.4 is 5.32 Å². The molecule has 108 valence electrons. The van der Waals surface area contributed by atoms with Gasteiger partial charge in [-0.25, -0.2) is 0 Å². The maximum absolute atomic E-state index is 11.6. The molecular formula is C16H21NO3. The topological polar surface area (TPSA) is 62.5 Å². The van der Waals surface area contributed by atoms with Crippen molar-refractivity contribution in [3.63, 3.8) is 0 Å². The van der Waals surface area contributed by atoms with Gasteiger partial charge in [0.15, 0.2) is 5.78 Å². The number of ketones is 1. The van der Waals surface area contributed by atoms with E-state index in [0.717, 1.165) is 5.39 Å². The second-order valence-corrected chi connectivity index (χ2v) is 6.08. The minimum absolute atomic E-state index is 0.0428. The predicted octanol–water partition coefficient (Wildman–Crippen LogP) is 3.06. The number of carbonyl (C=O) groups excluding carboxylic acids is 1. The van der Waals surface area contributed by atoms with Gasteiger partial charge in [-0.2, -0.15) is 0 Å². The molecule has 2 N–H and O–H groups in total. The Balaban J connectivity index is 2.28. The Hall–Kier alpha value is -1.65. The molecule has 0 aliphatic rings. The van der Waals surface area contributed by atoms with Gasteiger partial charge in [-0.1, -0.05) is 12.1 Å². The monoisotopic (exact) mass is 275 g/mol. The third kappa shape index (κ3) is 3.26. The number of fused-ring (bicyclic) bond motifs is 1. The van der Waals surface area contributed by atoms with E-state index in [1.165, 1.54) is 6.92 Å². The zero-order valence-corrected chi connectivity index (χ0v) is 12.4. The third-order valence-electron chi connectivity index (χ3n) is 3.10. The van der Waals surface area contributed by atoms with Gasteiger partial charge in [-0.05, 0) is 39.8 Å². The van der Waals surface area contributed by atoms with Crippen LogP contribution in [0.15, 0.2) is 28.7 Å². The molecule has 0 aliphatic heterocycles. The van der Waals surface area contributed by atoms with Crippen molar-refractivity contribution in [2.24, 2.45) is 0 Å². The first-order valence-corrected chi connectivity index (χ1v) is 6.74. The minimum atomic E-state index is -0.735. The van der Waals surface area contributed by atoms with Gasteiger partial charge in [-0.15, -0.1) is 0 Å². The van der Waals surface area contributed by atoms with Crippen LogP contribution in [0.4, 0.5) is 0 Å². The molecule has 2 rings (SSSR count). The molecule has 2 aromatic rings. The Morgan fingerprint density at radius 3 is 2.70 bits per heavy atom. The number of aliphatic hydroxyl groups is 1. The fraction of sp³-hybridized carbons (Fsp3) is 0.438. The summed E-state index contributed by atoms with van der Waals surface area (Å²) in [5.74, 6) is 0.434. The van der Waals surface area contributed by atoms with Gasteiger partial charge < -0.3 is 14.8 Å². The summed E-state index contributed by atoms with van der Waals surface area (Å²) < 4.78 is 5.68. The molecule has 0 fully saturated rings. The summed E-state index contributed by atoms with van der Waals surface area (Å²) in [6.07, 6.45) is -0.735. The summed E-state index contributed by atoms with van der Waals surface area (Å²) in [5.41, 5.74) is 1.02. The van der Waals surface area contributed by atoms with E-state index in [2.05, 4.69) is 5.32 Å². The highest BCUT2D eigenvalue weighted by Crippen LogP contribution is 2.27. The van der Waals surface area contributed by atoms with Gasteiger partial charge in [0, 0.05) is 17.5 Å². The van der Waals surface area contributed by atoms with Gasteiger partial charge in [0.1, 0.15) is 17.4 Å². The first kappa shape index (κ1) is 14.8. The van der Waals surface area contributed by atoms with Crippen molar-refractivity contribution in [3.05, 3.63) is 35.6 Å². The Morgan fingerprint density at radius 1 is 1.40 bits per heavy atom.